The zero-order valence-electron chi connectivity index (χ0n) is 9.59. The van der Waals surface area contributed by atoms with Gasteiger partial charge >= 0.3 is 0 Å². The Morgan fingerprint density at radius 1 is 1.36 bits per heavy atom. The zero-order valence-corrected chi connectivity index (χ0v) is 9.59. The third-order valence-electron chi connectivity index (χ3n) is 2.93. The van der Waals surface area contributed by atoms with Gasteiger partial charge in [-0.3, -0.25) is 4.90 Å². The molecule has 0 bridgehead atoms. The Morgan fingerprint density at radius 3 is 2.93 bits per heavy atom. The molecular formula is C11H24N2O. The molecule has 1 saturated heterocycles. The van der Waals surface area contributed by atoms with Crippen LogP contribution in [0.5, 0.6) is 0 Å². The summed E-state index contributed by atoms with van der Waals surface area (Å²) in [6.07, 6.45) is 3.81. The van der Waals surface area contributed by atoms with Crippen molar-refractivity contribution in [2.45, 2.75) is 32.2 Å². The SMILES string of the molecule is COCCCCCN1CCNCC1C. The number of hydrogen-bond acceptors (Lipinski definition) is 3. The highest BCUT2D eigenvalue weighted by Crippen LogP contribution is 2.05. The second kappa shape index (κ2) is 7.21. The van der Waals surface area contributed by atoms with E-state index in [1.54, 1.807) is 7.11 Å². The molecule has 1 fully saturated rings. The smallest absolute Gasteiger partial charge is 0.0462 e. The third-order valence-corrected chi connectivity index (χ3v) is 2.93. The fourth-order valence-corrected chi connectivity index (χ4v) is 1.95. The van der Waals surface area contributed by atoms with E-state index >= 15 is 0 Å². The maximum atomic E-state index is 5.03. The molecule has 1 atom stereocenters. The molecule has 0 aromatic heterocycles. The summed E-state index contributed by atoms with van der Waals surface area (Å²) in [5.41, 5.74) is 0. The van der Waals surface area contributed by atoms with E-state index in [1.807, 2.05) is 0 Å². The van der Waals surface area contributed by atoms with Gasteiger partial charge < -0.3 is 10.1 Å². The number of ether oxygens (including phenoxy) is 1. The van der Waals surface area contributed by atoms with Gasteiger partial charge in [0.15, 0.2) is 0 Å². The van der Waals surface area contributed by atoms with E-state index in [1.165, 1.54) is 32.4 Å². The Morgan fingerprint density at radius 2 is 2.21 bits per heavy atom. The Kier molecular flexibility index (Phi) is 6.15. The van der Waals surface area contributed by atoms with Gasteiger partial charge in [0.2, 0.25) is 0 Å². The predicted octanol–water partition coefficient (Wildman–Crippen LogP) is 1.10. The zero-order chi connectivity index (χ0) is 10.2. The Bertz CT molecular complexity index is 141. The van der Waals surface area contributed by atoms with Gasteiger partial charge in [-0.15, -0.1) is 0 Å². The first-order valence-corrected chi connectivity index (χ1v) is 5.78. The molecule has 3 nitrogen and oxygen atoms in total. The van der Waals surface area contributed by atoms with E-state index in [0.717, 1.165) is 19.7 Å². The van der Waals surface area contributed by atoms with Crippen molar-refractivity contribution < 1.29 is 4.74 Å². The van der Waals surface area contributed by atoms with E-state index in [-0.39, 0.29) is 0 Å². The summed E-state index contributed by atoms with van der Waals surface area (Å²) >= 11 is 0. The van der Waals surface area contributed by atoms with Gasteiger partial charge in [0, 0.05) is 39.4 Å². The minimum Gasteiger partial charge on any atom is -0.385 e. The van der Waals surface area contributed by atoms with Crippen LogP contribution >= 0.6 is 0 Å². The largest absolute Gasteiger partial charge is 0.385 e. The molecule has 1 unspecified atom stereocenters. The molecule has 0 radical (unpaired) electrons. The van der Waals surface area contributed by atoms with Crippen molar-refractivity contribution in [2.24, 2.45) is 0 Å². The van der Waals surface area contributed by atoms with Crippen LogP contribution in [0.15, 0.2) is 0 Å². The highest BCUT2D eigenvalue weighted by molar-refractivity contribution is 4.75. The van der Waals surface area contributed by atoms with Crippen molar-refractivity contribution >= 4 is 0 Å². The fourth-order valence-electron chi connectivity index (χ4n) is 1.95. The lowest BCUT2D eigenvalue weighted by Crippen LogP contribution is -2.49. The van der Waals surface area contributed by atoms with Crippen LogP contribution < -0.4 is 5.32 Å². The predicted molar refractivity (Wildman–Crippen MR) is 59.6 cm³/mol. The molecule has 14 heavy (non-hydrogen) atoms. The van der Waals surface area contributed by atoms with Crippen molar-refractivity contribution in [3.63, 3.8) is 0 Å². The summed E-state index contributed by atoms with van der Waals surface area (Å²) in [4.78, 5) is 2.59. The van der Waals surface area contributed by atoms with Gasteiger partial charge in [-0.2, -0.15) is 0 Å². The maximum Gasteiger partial charge on any atom is 0.0462 e. The lowest BCUT2D eigenvalue weighted by atomic mass is 10.2. The molecule has 0 aromatic rings. The summed E-state index contributed by atoms with van der Waals surface area (Å²) < 4.78 is 5.03. The summed E-state index contributed by atoms with van der Waals surface area (Å²) in [5, 5.41) is 3.41. The van der Waals surface area contributed by atoms with Crippen LogP contribution in [-0.4, -0.2) is 50.8 Å². The van der Waals surface area contributed by atoms with Crippen LogP contribution in [0.1, 0.15) is 26.2 Å². The molecular weight excluding hydrogens is 176 g/mol. The molecule has 1 heterocycles. The van der Waals surface area contributed by atoms with Gasteiger partial charge in [-0.05, 0) is 32.7 Å². The average molecular weight is 200 g/mol. The monoisotopic (exact) mass is 200 g/mol. The van der Waals surface area contributed by atoms with Crippen molar-refractivity contribution in [2.75, 3.05) is 39.9 Å². The topological polar surface area (TPSA) is 24.5 Å². The molecule has 84 valence electrons. The van der Waals surface area contributed by atoms with Gasteiger partial charge in [0.25, 0.3) is 0 Å². The number of unbranched alkanes of at least 4 members (excludes halogenated alkanes) is 2. The van der Waals surface area contributed by atoms with Crippen LogP contribution in [0.4, 0.5) is 0 Å². The summed E-state index contributed by atoms with van der Waals surface area (Å²) in [6, 6.07) is 0.714. The van der Waals surface area contributed by atoms with Crippen molar-refractivity contribution in [3.05, 3.63) is 0 Å². The molecule has 3 heteroatoms. The Balaban J connectivity index is 1.99. The summed E-state index contributed by atoms with van der Waals surface area (Å²) in [5.74, 6) is 0. The van der Waals surface area contributed by atoms with Crippen molar-refractivity contribution in [1.29, 1.82) is 0 Å². The number of rotatable bonds is 6. The average Bonchev–Trinajstić information content (AvgIpc) is 2.20. The van der Waals surface area contributed by atoms with Crippen LogP contribution in [0.3, 0.4) is 0 Å². The second-order valence-electron chi connectivity index (χ2n) is 4.14. The standard InChI is InChI=1S/C11H24N2O/c1-11-10-12-6-8-13(11)7-4-3-5-9-14-2/h11-12H,3-10H2,1-2H3. The molecule has 0 spiro atoms. The molecule has 1 aliphatic heterocycles. The normalized spacial score (nSPS) is 24.0. The molecule has 1 N–H and O–H groups in total. The van der Waals surface area contributed by atoms with E-state index in [2.05, 4.69) is 17.1 Å². The second-order valence-corrected chi connectivity index (χ2v) is 4.14. The number of nitrogens with one attached hydrogen (secondary N) is 1. The first-order valence-electron chi connectivity index (χ1n) is 5.78. The first-order chi connectivity index (χ1) is 6.84. The van der Waals surface area contributed by atoms with E-state index in [0.29, 0.717) is 6.04 Å². The maximum absolute atomic E-state index is 5.03. The first kappa shape index (κ1) is 12.0. The number of piperazine rings is 1. The van der Waals surface area contributed by atoms with E-state index in [4.69, 9.17) is 4.74 Å². The molecule has 1 rings (SSSR count). The number of methoxy groups -OCH3 is 1. The lowest BCUT2D eigenvalue weighted by molar-refractivity contribution is 0.163. The van der Waals surface area contributed by atoms with E-state index in [9.17, 15) is 0 Å². The Labute approximate surface area is 87.8 Å². The molecule has 0 saturated carbocycles. The lowest BCUT2D eigenvalue weighted by Gasteiger charge is -2.33. The highest BCUT2D eigenvalue weighted by Gasteiger charge is 2.16. The van der Waals surface area contributed by atoms with Gasteiger partial charge in [-0.1, -0.05) is 0 Å². The minimum atomic E-state index is 0.714. The molecule has 0 aliphatic carbocycles. The molecule has 0 amide bonds. The van der Waals surface area contributed by atoms with Crippen LogP contribution in [0.25, 0.3) is 0 Å². The highest BCUT2D eigenvalue weighted by atomic mass is 16.5. The van der Waals surface area contributed by atoms with Gasteiger partial charge in [0.1, 0.15) is 0 Å². The van der Waals surface area contributed by atoms with E-state index < -0.39 is 0 Å². The molecule has 0 aromatic carbocycles. The number of hydrogen-bond donors (Lipinski definition) is 1. The molecule has 1 aliphatic rings. The third kappa shape index (κ3) is 4.40. The Hall–Kier alpha value is -0.120. The van der Waals surface area contributed by atoms with Crippen LogP contribution in [-0.2, 0) is 4.74 Å². The van der Waals surface area contributed by atoms with Gasteiger partial charge in [0.05, 0.1) is 0 Å². The summed E-state index contributed by atoms with van der Waals surface area (Å²) in [7, 11) is 1.78. The quantitative estimate of drug-likeness (QED) is 0.650. The van der Waals surface area contributed by atoms with Crippen LogP contribution in [0.2, 0.25) is 0 Å². The summed E-state index contributed by atoms with van der Waals surface area (Å²) in [6.45, 7) is 8.00. The fraction of sp³-hybridized carbons (Fsp3) is 1.00. The van der Waals surface area contributed by atoms with Crippen molar-refractivity contribution in [3.8, 4) is 0 Å². The van der Waals surface area contributed by atoms with Crippen molar-refractivity contribution in [1.82, 2.24) is 10.2 Å². The number of nitrogens with zero attached hydrogens (tertiary/aromatic N) is 1. The minimum absolute atomic E-state index is 0.714. The van der Waals surface area contributed by atoms with Gasteiger partial charge in [-0.25, -0.2) is 0 Å². The van der Waals surface area contributed by atoms with Crippen LogP contribution in [0, 0.1) is 0 Å².